The molecule has 1 unspecified atom stereocenters. The van der Waals surface area contributed by atoms with Crippen LogP contribution in [0.3, 0.4) is 0 Å². The standard InChI is InChI=1S/C27H37NO3/c1-7-8-9-10-11-12-15-23(29)22-18-17-21-14-13-16-24(31-6)25(21)26(22)27(30)28(19(2)3)20(4)5/h13-14,16-20,23,29H,7-11H2,1-6H3. The normalized spacial score (nSPS) is 12.0. The van der Waals surface area contributed by atoms with Crippen molar-refractivity contribution in [2.45, 2.75) is 84.9 Å². The molecule has 0 aromatic heterocycles. The van der Waals surface area contributed by atoms with Crippen LogP contribution >= 0.6 is 0 Å². The predicted molar refractivity (Wildman–Crippen MR) is 128 cm³/mol. The van der Waals surface area contributed by atoms with E-state index in [9.17, 15) is 9.90 Å². The number of ether oxygens (including phenoxy) is 1. The van der Waals surface area contributed by atoms with E-state index in [2.05, 4.69) is 18.8 Å². The van der Waals surface area contributed by atoms with Crippen LogP contribution in [0.1, 0.15) is 88.7 Å². The van der Waals surface area contributed by atoms with Gasteiger partial charge >= 0.3 is 0 Å². The topological polar surface area (TPSA) is 49.8 Å². The van der Waals surface area contributed by atoms with E-state index >= 15 is 0 Å². The number of amides is 1. The van der Waals surface area contributed by atoms with E-state index in [4.69, 9.17) is 4.74 Å². The molecule has 1 N–H and O–H groups in total. The number of unbranched alkanes of at least 4 members (excludes halogenated alkanes) is 4. The summed E-state index contributed by atoms with van der Waals surface area (Å²) >= 11 is 0. The van der Waals surface area contributed by atoms with Crippen LogP contribution in [-0.4, -0.2) is 35.1 Å². The minimum absolute atomic E-state index is 0.0205. The molecule has 1 atom stereocenters. The van der Waals surface area contributed by atoms with Crippen molar-refractivity contribution >= 4 is 16.7 Å². The molecule has 0 bridgehead atoms. The van der Waals surface area contributed by atoms with Gasteiger partial charge in [0.2, 0.25) is 0 Å². The minimum Gasteiger partial charge on any atom is -0.496 e. The molecular formula is C27H37NO3. The van der Waals surface area contributed by atoms with Crippen molar-refractivity contribution in [3.8, 4) is 17.6 Å². The van der Waals surface area contributed by atoms with E-state index in [0.717, 1.165) is 30.0 Å². The fraction of sp³-hybridized carbons (Fsp3) is 0.519. The Balaban J connectivity index is 2.57. The van der Waals surface area contributed by atoms with Crippen molar-refractivity contribution in [3.05, 3.63) is 41.5 Å². The molecule has 31 heavy (non-hydrogen) atoms. The number of methoxy groups -OCH3 is 1. The van der Waals surface area contributed by atoms with Gasteiger partial charge in [0.25, 0.3) is 5.91 Å². The van der Waals surface area contributed by atoms with E-state index in [0.29, 0.717) is 16.9 Å². The molecule has 2 rings (SSSR count). The smallest absolute Gasteiger partial charge is 0.255 e. The zero-order chi connectivity index (χ0) is 23.0. The average Bonchev–Trinajstić information content (AvgIpc) is 2.74. The summed E-state index contributed by atoms with van der Waals surface area (Å²) in [5.41, 5.74) is 1.01. The molecule has 1 amide bonds. The minimum atomic E-state index is -1.03. The van der Waals surface area contributed by atoms with Gasteiger partial charge in [-0.1, -0.05) is 56.4 Å². The van der Waals surface area contributed by atoms with E-state index in [1.54, 1.807) is 7.11 Å². The van der Waals surface area contributed by atoms with Gasteiger partial charge in [0.1, 0.15) is 11.9 Å². The summed E-state index contributed by atoms with van der Waals surface area (Å²) in [7, 11) is 1.60. The zero-order valence-electron chi connectivity index (χ0n) is 19.9. The summed E-state index contributed by atoms with van der Waals surface area (Å²) in [4.78, 5) is 15.6. The molecule has 0 aliphatic heterocycles. The molecule has 2 aromatic carbocycles. The second kappa shape index (κ2) is 11.8. The van der Waals surface area contributed by atoms with Crippen LogP contribution in [0.15, 0.2) is 30.3 Å². The van der Waals surface area contributed by atoms with Crippen molar-refractivity contribution in [2.24, 2.45) is 0 Å². The number of hydrogen-bond donors (Lipinski definition) is 1. The number of hydrogen-bond acceptors (Lipinski definition) is 3. The molecule has 0 saturated heterocycles. The lowest BCUT2D eigenvalue weighted by Gasteiger charge is -2.32. The molecule has 0 aliphatic rings. The number of fused-ring (bicyclic) bond motifs is 1. The Morgan fingerprint density at radius 1 is 1.06 bits per heavy atom. The second-order valence-electron chi connectivity index (χ2n) is 8.52. The highest BCUT2D eigenvalue weighted by Gasteiger charge is 2.28. The summed E-state index contributed by atoms with van der Waals surface area (Å²) in [5, 5.41) is 12.6. The summed E-state index contributed by atoms with van der Waals surface area (Å²) in [6, 6.07) is 9.50. The van der Waals surface area contributed by atoms with Gasteiger partial charge in [-0.25, -0.2) is 0 Å². The molecular weight excluding hydrogens is 386 g/mol. The van der Waals surface area contributed by atoms with Gasteiger partial charge in [0, 0.05) is 29.5 Å². The lowest BCUT2D eigenvalue weighted by atomic mass is 9.93. The Hall–Kier alpha value is -2.51. The van der Waals surface area contributed by atoms with E-state index < -0.39 is 6.10 Å². The maximum atomic E-state index is 13.8. The Kier molecular flexibility index (Phi) is 9.40. The molecule has 0 aliphatic carbocycles. The zero-order valence-corrected chi connectivity index (χ0v) is 19.9. The van der Waals surface area contributed by atoms with Crippen molar-refractivity contribution in [2.75, 3.05) is 7.11 Å². The summed E-state index contributed by atoms with van der Waals surface area (Å²) in [5.74, 6) is 6.58. The molecule has 0 heterocycles. The molecule has 168 valence electrons. The van der Waals surface area contributed by atoms with Gasteiger partial charge < -0.3 is 14.7 Å². The third kappa shape index (κ3) is 6.02. The van der Waals surface area contributed by atoms with Crippen LogP contribution in [-0.2, 0) is 0 Å². The molecule has 4 nitrogen and oxygen atoms in total. The SMILES string of the molecule is CCCCCCC#CC(O)c1ccc2cccc(OC)c2c1C(=O)N(C(C)C)C(C)C. The molecule has 0 radical (unpaired) electrons. The van der Waals surface area contributed by atoms with Crippen molar-refractivity contribution < 1.29 is 14.6 Å². The first-order valence-corrected chi connectivity index (χ1v) is 11.4. The van der Waals surface area contributed by atoms with Gasteiger partial charge in [-0.15, -0.1) is 5.92 Å². The maximum absolute atomic E-state index is 13.8. The molecule has 0 saturated carbocycles. The van der Waals surface area contributed by atoms with Crippen LogP contribution in [0.5, 0.6) is 5.75 Å². The van der Waals surface area contributed by atoms with Gasteiger partial charge in [-0.3, -0.25) is 4.79 Å². The van der Waals surface area contributed by atoms with Gasteiger partial charge in [-0.2, -0.15) is 0 Å². The fourth-order valence-electron chi connectivity index (χ4n) is 4.07. The number of aliphatic hydroxyl groups is 1. The van der Waals surface area contributed by atoms with Crippen molar-refractivity contribution in [1.29, 1.82) is 0 Å². The van der Waals surface area contributed by atoms with Crippen LogP contribution in [0.25, 0.3) is 10.8 Å². The monoisotopic (exact) mass is 423 g/mol. The first-order chi connectivity index (χ1) is 14.8. The highest BCUT2D eigenvalue weighted by molar-refractivity contribution is 6.11. The third-order valence-corrected chi connectivity index (χ3v) is 5.51. The van der Waals surface area contributed by atoms with Crippen LogP contribution < -0.4 is 4.74 Å². The Morgan fingerprint density at radius 3 is 2.39 bits per heavy atom. The lowest BCUT2D eigenvalue weighted by molar-refractivity contribution is 0.0641. The summed E-state index contributed by atoms with van der Waals surface area (Å²) < 4.78 is 5.60. The van der Waals surface area contributed by atoms with E-state index in [-0.39, 0.29) is 18.0 Å². The highest BCUT2D eigenvalue weighted by Crippen LogP contribution is 2.35. The summed E-state index contributed by atoms with van der Waals surface area (Å²) in [6.07, 6.45) is 4.29. The average molecular weight is 424 g/mol. The van der Waals surface area contributed by atoms with Gasteiger partial charge in [0.15, 0.2) is 0 Å². The Bertz CT molecular complexity index is 929. The van der Waals surface area contributed by atoms with Crippen LogP contribution in [0, 0.1) is 11.8 Å². The van der Waals surface area contributed by atoms with Gasteiger partial charge in [0.05, 0.1) is 12.7 Å². The number of benzene rings is 2. The van der Waals surface area contributed by atoms with Crippen molar-refractivity contribution in [1.82, 2.24) is 4.90 Å². The Labute approximate surface area is 187 Å². The van der Waals surface area contributed by atoms with Crippen molar-refractivity contribution in [3.63, 3.8) is 0 Å². The first kappa shape index (κ1) is 24.8. The largest absolute Gasteiger partial charge is 0.496 e. The number of carbonyl (C=O) groups excluding carboxylic acids is 1. The molecule has 4 heteroatoms. The van der Waals surface area contributed by atoms with E-state index in [1.165, 1.54) is 12.8 Å². The van der Waals surface area contributed by atoms with E-state index in [1.807, 2.05) is 62.9 Å². The number of rotatable bonds is 9. The first-order valence-electron chi connectivity index (χ1n) is 11.4. The maximum Gasteiger partial charge on any atom is 0.255 e. The molecule has 0 spiro atoms. The molecule has 2 aromatic rings. The quantitative estimate of drug-likeness (QED) is 0.391. The number of nitrogens with zero attached hydrogens (tertiary/aromatic N) is 1. The highest BCUT2D eigenvalue weighted by atomic mass is 16.5. The second-order valence-corrected chi connectivity index (χ2v) is 8.52. The number of carbonyl (C=O) groups is 1. The van der Waals surface area contributed by atoms with Crippen LogP contribution in [0.2, 0.25) is 0 Å². The molecule has 0 fully saturated rings. The number of aliphatic hydroxyl groups excluding tert-OH is 1. The Morgan fingerprint density at radius 2 is 1.77 bits per heavy atom. The summed E-state index contributed by atoms with van der Waals surface area (Å²) in [6.45, 7) is 10.2. The van der Waals surface area contributed by atoms with Crippen LogP contribution in [0.4, 0.5) is 0 Å². The predicted octanol–water partition coefficient (Wildman–Crippen LogP) is 6.11. The van der Waals surface area contributed by atoms with Gasteiger partial charge in [-0.05, 0) is 45.6 Å². The third-order valence-electron chi connectivity index (χ3n) is 5.51. The fourth-order valence-corrected chi connectivity index (χ4v) is 4.07. The lowest BCUT2D eigenvalue weighted by Crippen LogP contribution is -2.42.